The van der Waals surface area contributed by atoms with E-state index in [1.165, 1.54) is 6.92 Å². The van der Waals surface area contributed by atoms with Crippen molar-refractivity contribution in [1.82, 2.24) is 31.5 Å². The Bertz CT molecular complexity index is 1050. The Labute approximate surface area is 235 Å². The molecule has 0 unspecified atom stereocenters. The highest BCUT2D eigenvalue weighted by Gasteiger charge is 2.48. The fraction of sp³-hybridized carbons (Fsp3) is 0.607. The van der Waals surface area contributed by atoms with E-state index >= 15 is 0 Å². The molecule has 40 heavy (non-hydrogen) atoms. The smallest absolute Gasteiger partial charge is 0.247 e. The Hall–Kier alpha value is -3.51. The predicted molar refractivity (Wildman–Crippen MR) is 148 cm³/mol. The summed E-state index contributed by atoms with van der Waals surface area (Å²) in [6.45, 7) is 3.40. The van der Waals surface area contributed by atoms with E-state index in [0.29, 0.717) is 37.7 Å². The third kappa shape index (κ3) is 7.57. The number of rotatable bonds is 12. The van der Waals surface area contributed by atoms with Gasteiger partial charge in [-0.05, 0) is 44.7 Å². The molecule has 2 aliphatic rings. The molecule has 2 fully saturated rings. The number of hydrogen-bond donors (Lipinski definition) is 6. The number of benzene rings is 1. The monoisotopic (exact) mass is 558 g/mol. The first-order valence-corrected chi connectivity index (χ1v) is 14.0. The summed E-state index contributed by atoms with van der Waals surface area (Å²) < 4.78 is 0. The maximum atomic E-state index is 13.9. The highest BCUT2D eigenvalue weighted by Crippen LogP contribution is 2.34. The lowest BCUT2D eigenvalue weighted by atomic mass is 9.93. The maximum absolute atomic E-state index is 13.9. The number of aliphatic hydroxyl groups is 1. The lowest BCUT2D eigenvalue weighted by Crippen LogP contribution is -2.59. The Kier molecular flexibility index (Phi) is 11.4. The van der Waals surface area contributed by atoms with E-state index in [0.717, 1.165) is 0 Å². The Balaban J connectivity index is 1.79. The van der Waals surface area contributed by atoms with Crippen LogP contribution in [0.1, 0.15) is 57.6 Å². The number of nitrogens with zero attached hydrogens (tertiary/aromatic N) is 1. The van der Waals surface area contributed by atoms with Crippen LogP contribution in [0.4, 0.5) is 0 Å². The summed E-state index contributed by atoms with van der Waals surface area (Å²) in [5, 5.41) is 24.0. The van der Waals surface area contributed by atoms with Crippen LogP contribution in [0.5, 0.6) is 0 Å². The molecule has 0 aliphatic carbocycles. The van der Waals surface area contributed by atoms with Gasteiger partial charge in [0.25, 0.3) is 0 Å². The number of carbonyl (C=O) groups is 5. The van der Waals surface area contributed by atoms with Crippen LogP contribution in [-0.4, -0.2) is 90.5 Å². The van der Waals surface area contributed by atoms with Gasteiger partial charge in [0.1, 0.15) is 18.1 Å². The van der Waals surface area contributed by atoms with Gasteiger partial charge in [-0.1, -0.05) is 37.3 Å². The van der Waals surface area contributed by atoms with Crippen LogP contribution < -0.4 is 26.6 Å². The Morgan fingerprint density at radius 2 is 1.68 bits per heavy atom. The number of fused-ring (bicyclic) bond motifs is 1. The zero-order valence-corrected chi connectivity index (χ0v) is 23.4. The molecule has 1 aromatic rings. The van der Waals surface area contributed by atoms with E-state index in [9.17, 15) is 29.1 Å². The number of nitrogens with one attached hydrogen (secondary N) is 5. The molecule has 220 valence electrons. The zero-order chi connectivity index (χ0) is 29.2. The fourth-order valence-electron chi connectivity index (χ4n) is 5.55. The third-order valence-corrected chi connectivity index (χ3v) is 7.75. The van der Waals surface area contributed by atoms with E-state index in [1.807, 2.05) is 6.92 Å². The molecule has 0 aromatic heterocycles. The van der Waals surface area contributed by atoms with Crippen molar-refractivity contribution in [1.29, 1.82) is 0 Å². The van der Waals surface area contributed by atoms with Gasteiger partial charge in [-0.3, -0.25) is 24.0 Å². The first-order valence-electron chi connectivity index (χ1n) is 14.0. The highest BCUT2D eigenvalue weighted by molar-refractivity contribution is 5.96. The molecule has 5 amide bonds. The first kappa shape index (κ1) is 31.0. The summed E-state index contributed by atoms with van der Waals surface area (Å²) in [6, 6.07) is 5.32. The van der Waals surface area contributed by atoms with Crippen molar-refractivity contribution >= 4 is 29.5 Å². The summed E-state index contributed by atoms with van der Waals surface area (Å²) in [5.41, 5.74) is 0.577. The van der Waals surface area contributed by atoms with Crippen molar-refractivity contribution < 1.29 is 29.1 Å². The Morgan fingerprint density at radius 1 is 1.00 bits per heavy atom. The fourth-order valence-corrected chi connectivity index (χ4v) is 5.55. The predicted octanol–water partition coefficient (Wildman–Crippen LogP) is -0.659. The second kappa shape index (κ2) is 14.8. The van der Waals surface area contributed by atoms with E-state index in [4.69, 9.17) is 0 Å². The molecule has 0 spiro atoms. The normalized spacial score (nSPS) is 23.8. The summed E-state index contributed by atoms with van der Waals surface area (Å²) in [4.78, 5) is 66.2. The van der Waals surface area contributed by atoms with E-state index in [-0.39, 0.29) is 37.6 Å². The average Bonchev–Trinajstić information content (AvgIpc) is 3.33. The molecule has 6 atom stereocenters. The number of amides is 5. The number of hydrogen-bond acceptors (Lipinski definition) is 7. The van der Waals surface area contributed by atoms with Gasteiger partial charge in [-0.2, -0.15) is 0 Å². The van der Waals surface area contributed by atoms with Gasteiger partial charge in [0, 0.05) is 38.6 Å². The van der Waals surface area contributed by atoms with E-state index in [2.05, 4.69) is 26.6 Å². The van der Waals surface area contributed by atoms with Crippen molar-refractivity contribution in [2.45, 2.75) is 76.2 Å². The van der Waals surface area contributed by atoms with Gasteiger partial charge in [-0.25, -0.2) is 0 Å². The van der Waals surface area contributed by atoms with Crippen LogP contribution >= 0.6 is 0 Å². The van der Waals surface area contributed by atoms with Crippen LogP contribution in [-0.2, 0) is 24.0 Å². The van der Waals surface area contributed by atoms with E-state index in [1.54, 1.807) is 42.3 Å². The standard InChI is InChI=1S/C28H42N6O6/c1-4-21(29-3)25(37)33-24-19(16-35)10-11-20-12-13-22(34(20)28(24)40)26(38)32-23(18-8-6-5-7-9-18)27(39)31-15-14-30-17(2)36/h5-9,19-24,29,35H,4,10-16H2,1-3H3,(H,30,36)(H,31,39)(H,32,38)(H,33,37)/t19-,20+,21+,22+,23+,24+/m1/s1. The molecule has 0 saturated carbocycles. The van der Waals surface area contributed by atoms with Crippen molar-refractivity contribution in [2.75, 3.05) is 26.7 Å². The molecular weight excluding hydrogens is 516 g/mol. The third-order valence-electron chi connectivity index (χ3n) is 7.75. The SMILES string of the molecule is CC[C@H](NC)C(=O)N[C@@H]1C(=O)N2[C@@H](CC[C@@H]1CO)CC[C@H]2C(=O)N[C@H](C(=O)NCCNC(C)=O)c1ccccc1. The van der Waals surface area contributed by atoms with Crippen LogP contribution in [0.3, 0.4) is 0 Å². The minimum absolute atomic E-state index is 0.184. The highest BCUT2D eigenvalue weighted by atomic mass is 16.3. The molecule has 0 bridgehead atoms. The maximum Gasteiger partial charge on any atom is 0.247 e. The van der Waals surface area contributed by atoms with Crippen molar-refractivity contribution in [2.24, 2.45) is 5.92 Å². The summed E-state index contributed by atoms with van der Waals surface area (Å²) in [6.07, 6.45) is 2.69. The molecule has 1 aromatic carbocycles. The largest absolute Gasteiger partial charge is 0.396 e. The summed E-state index contributed by atoms with van der Waals surface area (Å²) >= 11 is 0. The molecular formula is C28H42N6O6. The molecule has 3 rings (SSSR count). The minimum atomic E-state index is -1.01. The van der Waals surface area contributed by atoms with Crippen molar-refractivity contribution in [3.63, 3.8) is 0 Å². The Morgan fingerprint density at radius 3 is 2.30 bits per heavy atom. The topological polar surface area (TPSA) is 169 Å². The lowest BCUT2D eigenvalue weighted by Gasteiger charge is -2.33. The molecule has 6 N–H and O–H groups in total. The molecule has 2 heterocycles. The van der Waals surface area contributed by atoms with Gasteiger partial charge in [0.2, 0.25) is 29.5 Å². The molecule has 2 saturated heterocycles. The second-order valence-corrected chi connectivity index (χ2v) is 10.4. The minimum Gasteiger partial charge on any atom is -0.396 e. The molecule has 12 nitrogen and oxygen atoms in total. The molecule has 2 aliphatic heterocycles. The van der Waals surface area contributed by atoms with Crippen LogP contribution in [0.2, 0.25) is 0 Å². The quantitative estimate of drug-likeness (QED) is 0.185. The number of carbonyl (C=O) groups excluding carboxylic acids is 5. The van der Waals surface area contributed by atoms with Crippen molar-refractivity contribution in [3.05, 3.63) is 35.9 Å². The van der Waals surface area contributed by atoms with Crippen LogP contribution in [0, 0.1) is 5.92 Å². The lowest BCUT2D eigenvalue weighted by molar-refractivity contribution is -0.144. The average molecular weight is 559 g/mol. The molecule has 0 radical (unpaired) electrons. The van der Waals surface area contributed by atoms with E-state index < -0.39 is 47.8 Å². The van der Waals surface area contributed by atoms with Crippen LogP contribution in [0.25, 0.3) is 0 Å². The first-order chi connectivity index (χ1) is 19.2. The van der Waals surface area contributed by atoms with Gasteiger partial charge in [-0.15, -0.1) is 0 Å². The van der Waals surface area contributed by atoms with Gasteiger partial charge in [0.05, 0.1) is 6.04 Å². The number of aliphatic hydroxyl groups excluding tert-OH is 1. The van der Waals surface area contributed by atoms with Gasteiger partial charge in [0.15, 0.2) is 0 Å². The van der Waals surface area contributed by atoms with Gasteiger partial charge >= 0.3 is 0 Å². The second-order valence-electron chi connectivity index (χ2n) is 10.4. The van der Waals surface area contributed by atoms with Gasteiger partial charge < -0.3 is 36.6 Å². The van der Waals surface area contributed by atoms with Crippen LogP contribution in [0.15, 0.2) is 30.3 Å². The zero-order valence-electron chi connectivity index (χ0n) is 23.4. The summed E-state index contributed by atoms with van der Waals surface area (Å²) in [5.74, 6) is -2.31. The number of likely N-dealkylation sites (N-methyl/N-ethyl adjacent to an activating group) is 1. The molecule has 12 heteroatoms. The summed E-state index contributed by atoms with van der Waals surface area (Å²) in [7, 11) is 1.67. The van der Waals surface area contributed by atoms with Crippen molar-refractivity contribution in [3.8, 4) is 0 Å².